The zero-order valence-electron chi connectivity index (χ0n) is 10.3. The molecule has 0 aliphatic heterocycles. The lowest BCUT2D eigenvalue weighted by molar-refractivity contribution is 1.38. The first-order valence-electron chi connectivity index (χ1n) is 5.96. The minimum absolute atomic E-state index is 0.578. The van der Waals surface area contributed by atoms with Crippen molar-refractivity contribution in [2.24, 2.45) is 0 Å². The second-order valence-corrected chi connectivity index (χ2v) is 5.80. The Labute approximate surface area is 131 Å². The van der Waals surface area contributed by atoms with Crippen LogP contribution in [0.1, 0.15) is 0 Å². The Morgan fingerprint density at radius 3 is 2.30 bits per heavy atom. The van der Waals surface area contributed by atoms with Gasteiger partial charge in [-0.1, -0.05) is 59.6 Å². The molecule has 100 valence electrons. The van der Waals surface area contributed by atoms with Crippen LogP contribution < -0.4 is 5.32 Å². The maximum absolute atomic E-state index is 6.13. The first kappa shape index (κ1) is 13.4. The van der Waals surface area contributed by atoms with Crippen LogP contribution in [0.15, 0.2) is 53.9 Å². The number of thiazole rings is 1. The van der Waals surface area contributed by atoms with E-state index in [1.54, 1.807) is 12.1 Å². The molecule has 0 aliphatic rings. The monoisotopic (exact) mass is 320 g/mol. The molecule has 3 rings (SSSR count). The third-order valence-electron chi connectivity index (χ3n) is 2.77. The number of halogens is 2. The number of benzene rings is 2. The molecule has 5 heteroatoms. The van der Waals surface area contributed by atoms with Gasteiger partial charge < -0.3 is 5.32 Å². The quantitative estimate of drug-likeness (QED) is 0.653. The van der Waals surface area contributed by atoms with Crippen LogP contribution in [0.5, 0.6) is 0 Å². The van der Waals surface area contributed by atoms with Gasteiger partial charge in [-0.2, -0.15) is 0 Å². The fraction of sp³-hybridized carbons (Fsp3) is 0. The Morgan fingerprint density at radius 2 is 1.60 bits per heavy atom. The molecule has 0 fully saturated rings. The van der Waals surface area contributed by atoms with Crippen LogP contribution >= 0.6 is 34.5 Å². The standard InChI is InChI=1S/C15H10Cl2N2S/c16-11-7-4-8-12(17)14(11)19-15-18-13(9-20-15)10-5-2-1-3-6-10/h1-9H,(H,18,19). The van der Waals surface area contributed by atoms with Crippen molar-refractivity contribution in [3.05, 3.63) is 64.0 Å². The molecule has 1 heterocycles. The van der Waals surface area contributed by atoms with Crippen LogP contribution in [-0.4, -0.2) is 4.98 Å². The van der Waals surface area contributed by atoms with Crippen molar-refractivity contribution in [3.63, 3.8) is 0 Å². The number of anilines is 2. The lowest BCUT2D eigenvalue weighted by atomic mass is 10.2. The molecule has 0 unspecified atom stereocenters. The summed E-state index contributed by atoms with van der Waals surface area (Å²) < 4.78 is 0. The van der Waals surface area contributed by atoms with Gasteiger partial charge in [0.05, 0.1) is 21.4 Å². The minimum Gasteiger partial charge on any atom is -0.329 e. The van der Waals surface area contributed by atoms with E-state index in [4.69, 9.17) is 23.2 Å². The van der Waals surface area contributed by atoms with Gasteiger partial charge in [0.15, 0.2) is 5.13 Å². The highest BCUT2D eigenvalue weighted by molar-refractivity contribution is 7.14. The van der Waals surface area contributed by atoms with Gasteiger partial charge in [0.25, 0.3) is 0 Å². The van der Waals surface area contributed by atoms with Crippen molar-refractivity contribution in [2.75, 3.05) is 5.32 Å². The minimum atomic E-state index is 0.578. The van der Waals surface area contributed by atoms with E-state index in [1.807, 2.05) is 41.8 Å². The van der Waals surface area contributed by atoms with Crippen molar-refractivity contribution < 1.29 is 0 Å². The van der Waals surface area contributed by atoms with Crippen molar-refractivity contribution in [3.8, 4) is 11.3 Å². The zero-order valence-corrected chi connectivity index (χ0v) is 12.6. The molecule has 3 aromatic rings. The highest BCUT2D eigenvalue weighted by Gasteiger charge is 2.09. The summed E-state index contributed by atoms with van der Waals surface area (Å²) in [5.41, 5.74) is 2.70. The largest absolute Gasteiger partial charge is 0.329 e. The average Bonchev–Trinajstić information content (AvgIpc) is 2.93. The van der Waals surface area contributed by atoms with E-state index in [1.165, 1.54) is 11.3 Å². The molecule has 20 heavy (non-hydrogen) atoms. The molecule has 0 bridgehead atoms. The topological polar surface area (TPSA) is 24.9 Å². The van der Waals surface area contributed by atoms with E-state index in [2.05, 4.69) is 10.3 Å². The van der Waals surface area contributed by atoms with Gasteiger partial charge in [0.2, 0.25) is 0 Å². The summed E-state index contributed by atoms with van der Waals surface area (Å²) in [6, 6.07) is 15.4. The molecule has 0 radical (unpaired) electrons. The molecule has 0 atom stereocenters. The number of hydrogen-bond donors (Lipinski definition) is 1. The summed E-state index contributed by atoms with van der Waals surface area (Å²) in [4.78, 5) is 4.55. The molecular weight excluding hydrogens is 311 g/mol. The van der Waals surface area contributed by atoms with Crippen LogP contribution in [0.4, 0.5) is 10.8 Å². The van der Waals surface area contributed by atoms with E-state index >= 15 is 0 Å². The van der Waals surface area contributed by atoms with E-state index in [0.29, 0.717) is 15.7 Å². The number of nitrogens with zero attached hydrogens (tertiary/aromatic N) is 1. The predicted octanol–water partition coefficient (Wildman–Crippen LogP) is 5.86. The van der Waals surface area contributed by atoms with Crippen molar-refractivity contribution >= 4 is 45.4 Å². The highest BCUT2D eigenvalue weighted by Crippen LogP contribution is 2.34. The summed E-state index contributed by atoms with van der Waals surface area (Å²) in [5, 5.41) is 7.09. The summed E-state index contributed by atoms with van der Waals surface area (Å²) in [6.07, 6.45) is 0. The molecule has 0 saturated heterocycles. The summed E-state index contributed by atoms with van der Waals surface area (Å²) in [6.45, 7) is 0. The van der Waals surface area contributed by atoms with Crippen molar-refractivity contribution in [1.29, 1.82) is 0 Å². The molecule has 0 spiro atoms. The molecule has 0 amide bonds. The van der Waals surface area contributed by atoms with Crippen LogP contribution in [0.3, 0.4) is 0 Å². The fourth-order valence-electron chi connectivity index (χ4n) is 1.80. The maximum Gasteiger partial charge on any atom is 0.187 e. The third-order valence-corrected chi connectivity index (χ3v) is 4.16. The Hall–Kier alpha value is -1.55. The van der Waals surface area contributed by atoms with Gasteiger partial charge in [-0.05, 0) is 12.1 Å². The first-order valence-corrected chi connectivity index (χ1v) is 7.59. The van der Waals surface area contributed by atoms with Crippen LogP contribution in [0, 0.1) is 0 Å². The Kier molecular flexibility index (Phi) is 3.92. The molecular formula is C15H10Cl2N2S. The number of para-hydroxylation sites is 1. The summed E-state index contributed by atoms with van der Waals surface area (Å²) in [7, 11) is 0. The lowest BCUT2D eigenvalue weighted by Gasteiger charge is -2.06. The Balaban J connectivity index is 1.88. The second-order valence-electron chi connectivity index (χ2n) is 4.13. The molecule has 0 saturated carbocycles. The zero-order chi connectivity index (χ0) is 13.9. The Bertz CT molecular complexity index is 705. The van der Waals surface area contributed by atoms with Gasteiger partial charge in [-0.15, -0.1) is 11.3 Å². The molecule has 1 aromatic heterocycles. The van der Waals surface area contributed by atoms with E-state index < -0.39 is 0 Å². The third kappa shape index (κ3) is 2.80. The van der Waals surface area contributed by atoms with Gasteiger partial charge in [-0.3, -0.25) is 0 Å². The maximum atomic E-state index is 6.13. The lowest BCUT2D eigenvalue weighted by Crippen LogP contribution is -1.91. The molecule has 2 aromatic carbocycles. The smallest absolute Gasteiger partial charge is 0.187 e. The predicted molar refractivity (Wildman–Crippen MR) is 87.3 cm³/mol. The first-order chi connectivity index (χ1) is 9.74. The number of nitrogens with one attached hydrogen (secondary N) is 1. The molecule has 0 aliphatic carbocycles. The second kappa shape index (κ2) is 5.83. The normalized spacial score (nSPS) is 10.5. The number of rotatable bonds is 3. The van der Waals surface area contributed by atoms with Crippen LogP contribution in [0.2, 0.25) is 10.0 Å². The SMILES string of the molecule is Clc1cccc(Cl)c1Nc1nc(-c2ccccc2)cs1. The van der Waals surface area contributed by atoms with Crippen molar-refractivity contribution in [2.45, 2.75) is 0 Å². The summed E-state index contributed by atoms with van der Waals surface area (Å²) >= 11 is 13.8. The molecule has 2 nitrogen and oxygen atoms in total. The van der Waals surface area contributed by atoms with Gasteiger partial charge in [-0.25, -0.2) is 4.98 Å². The fourth-order valence-corrected chi connectivity index (χ4v) is 3.01. The highest BCUT2D eigenvalue weighted by atomic mass is 35.5. The van der Waals surface area contributed by atoms with Gasteiger partial charge >= 0.3 is 0 Å². The van der Waals surface area contributed by atoms with E-state index in [-0.39, 0.29) is 0 Å². The summed E-state index contributed by atoms with van der Waals surface area (Å²) in [5.74, 6) is 0. The van der Waals surface area contributed by atoms with Gasteiger partial charge in [0.1, 0.15) is 0 Å². The van der Waals surface area contributed by atoms with Crippen molar-refractivity contribution in [1.82, 2.24) is 4.98 Å². The number of hydrogen-bond acceptors (Lipinski definition) is 3. The van der Waals surface area contributed by atoms with Crippen LogP contribution in [-0.2, 0) is 0 Å². The van der Waals surface area contributed by atoms with E-state index in [0.717, 1.165) is 16.4 Å². The Morgan fingerprint density at radius 1 is 0.900 bits per heavy atom. The van der Waals surface area contributed by atoms with E-state index in [9.17, 15) is 0 Å². The van der Waals surface area contributed by atoms with Crippen LogP contribution in [0.25, 0.3) is 11.3 Å². The average molecular weight is 321 g/mol. The molecule has 1 N–H and O–H groups in total. The number of aromatic nitrogens is 1. The van der Waals surface area contributed by atoms with Gasteiger partial charge in [0, 0.05) is 10.9 Å².